The Bertz CT molecular complexity index is 1150. The Morgan fingerprint density at radius 3 is 2.78 bits per heavy atom. The molecule has 0 aliphatic carbocycles. The average molecular weight is 438 g/mol. The monoisotopic (exact) mass is 438 g/mol. The first kappa shape index (κ1) is 19.9. The maximum atomic E-state index is 14.7. The van der Waals surface area contributed by atoms with E-state index in [1.54, 1.807) is 35.5 Å². The molecule has 0 saturated heterocycles. The van der Waals surface area contributed by atoms with Gasteiger partial charge in [-0.05, 0) is 36.4 Å². The van der Waals surface area contributed by atoms with Crippen molar-refractivity contribution in [2.75, 3.05) is 42.2 Å². The summed E-state index contributed by atoms with van der Waals surface area (Å²) in [5.41, 5.74) is 5.49. The average Bonchev–Trinajstić information content (AvgIpc) is 2.83. The molecule has 2 N–H and O–H groups in total. The third-order valence-corrected chi connectivity index (χ3v) is 4.93. The second-order valence-electron chi connectivity index (χ2n) is 7.06. The van der Waals surface area contributed by atoms with E-state index in [1.807, 2.05) is 18.2 Å². The molecule has 3 aromatic rings. The highest BCUT2D eigenvalue weighted by atomic mass is 19.1. The minimum absolute atomic E-state index is 0.0334. The van der Waals surface area contributed by atoms with Crippen LogP contribution >= 0.6 is 0 Å². The third-order valence-electron chi connectivity index (χ3n) is 4.93. The fourth-order valence-electron chi connectivity index (χ4n) is 3.50. The van der Waals surface area contributed by atoms with Gasteiger partial charge in [0, 0.05) is 6.07 Å². The Morgan fingerprint density at radius 2 is 1.97 bits per heavy atom. The normalized spacial score (nSPS) is 14.2. The summed E-state index contributed by atoms with van der Waals surface area (Å²) in [7, 11) is 0. The number of rotatable bonds is 6. The number of nitrogens with zero attached hydrogens (tertiary/aromatic N) is 2. The van der Waals surface area contributed by atoms with E-state index in [1.165, 1.54) is 12.3 Å². The zero-order valence-corrected chi connectivity index (χ0v) is 17.0. The van der Waals surface area contributed by atoms with Gasteiger partial charge in [-0.2, -0.15) is 0 Å². The van der Waals surface area contributed by atoms with E-state index in [2.05, 4.69) is 15.7 Å². The Kier molecular flexibility index (Phi) is 5.37. The van der Waals surface area contributed by atoms with E-state index >= 15 is 0 Å². The van der Waals surface area contributed by atoms with Crippen molar-refractivity contribution in [1.82, 2.24) is 4.98 Å². The fourth-order valence-corrected chi connectivity index (χ4v) is 3.50. The molecular formula is C23H20F2N4O3. The summed E-state index contributed by atoms with van der Waals surface area (Å²) < 4.78 is 43.5. The number of benzene rings is 2. The van der Waals surface area contributed by atoms with Crippen molar-refractivity contribution in [1.29, 1.82) is 0 Å². The summed E-state index contributed by atoms with van der Waals surface area (Å²) >= 11 is 0. The first-order chi connectivity index (χ1) is 15.7. The van der Waals surface area contributed by atoms with Gasteiger partial charge in [0.2, 0.25) is 0 Å². The van der Waals surface area contributed by atoms with E-state index in [4.69, 9.17) is 14.2 Å². The number of hydrogen-bond donors (Lipinski definition) is 2. The largest absolute Gasteiger partial charge is 0.489 e. The number of fused-ring (bicyclic) bond motifs is 2. The summed E-state index contributed by atoms with van der Waals surface area (Å²) in [6, 6.07) is 13.8. The Hall–Kier alpha value is -4.01. The third kappa shape index (κ3) is 3.96. The fraction of sp³-hybridized carbons (Fsp3) is 0.174. The van der Waals surface area contributed by atoms with Crippen molar-refractivity contribution in [2.45, 2.75) is 0 Å². The molecule has 0 bridgehead atoms. The van der Waals surface area contributed by atoms with Gasteiger partial charge in [0.25, 0.3) is 0 Å². The van der Waals surface area contributed by atoms with Gasteiger partial charge >= 0.3 is 0 Å². The van der Waals surface area contributed by atoms with Crippen molar-refractivity contribution in [3.63, 3.8) is 0 Å². The van der Waals surface area contributed by atoms with Crippen LogP contribution in [-0.2, 0) is 0 Å². The van der Waals surface area contributed by atoms with Crippen LogP contribution in [0.5, 0.6) is 17.2 Å². The molecule has 164 valence electrons. The van der Waals surface area contributed by atoms with Crippen LogP contribution in [0.15, 0.2) is 60.9 Å². The van der Waals surface area contributed by atoms with Crippen LogP contribution in [0.2, 0.25) is 0 Å². The van der Waals surface area contributed by atoms with Gasteiger partial charge in [-0.1, -0.05) is 6.07 Å². The van der Waals surface area contributed by atoms with Gasteiger partial charge in [0.1, 0.15) is 43.9 Å². The Labute approximate surface area is 183 Å². The topological polar surface area (TPSA) is 67.9 Å². The van der Waals surface area contributed by atoms with E-state index in [0.717, 1.165) is 5.69 Å². The molecule has 0 fully saturated rings. The van der Waals surface area contributed by atoms with Gasteiger partial charge in [0.05, 0.1) is 35.0 Å². The zero-order valence-electron chi connectivity index (χ0n) is 17.0. The molecule has 0 unspecified atom stereocenters. The highest BCUT2D eigenvalue weighted by Gasteiger charge is 2.23. The van der Waals surface area contributed by atoms with E-state index in [0.29, 0.717) is 53.2 Å². The minimum atomic E-state index is -0.578. The number of nitrogens with one attached hydrogen (secondary N) is 2. The molecule has 1 aromatic heterocycles. The summed E-state index contributed by atoms with van der Waals surface area (Å²) in [6.45, 7) is 0.386. The number of hydrazine groups is 1. The molecule has 32 heavy (non-hydrogen) atoms. The van der Waals surface area contributed by atoms with Gasteiger partial charge in [-0.15, -0.1) is 0 Å². The van der Waals surface area contributed by atoms with Gasteiger partial charge in [-0.3, -0.25) is 10.4 Å². The summed E-state index contributed by atoms with van der Waals surface area (Å²) in [5, 5.41) is 4.93. The van der Waals surface area contributed by atoms with Crippen LogP contribution in [0.25, 0.3) is 5.70 Å². The van der Waals surface area contributed by atoms with Crippen LogP contribution in [0, 0.1) is 5.82 Å². The molecule has 7 nitrogen and oxygen atoms in total. The quantitative estimate of drug-likeness (QED) is 0.583. The molecule has 0 saturated carbocycles. The molecule has 2 aromatic carbocycles. The zero-order chi connectivity index (χ0) is 21.9. The predicted molar refractivity (Wildman–Crippen MR) is 117 cm³/mol. The van der Waals surface area contributed by atoms with Crippen molar-refractivity contribution in [2.24, 2.45) is 0 Å². The summed E-state index contributed by atoms with van der Waals surface area (Å²) in [4.78, 5) is 4.29. The highest BCUT2D eigenvalue weighted by molar-refractivity contribution is 5.88. The molecule has 2 aliphatic heterocycles. The maximum Gasteiger partial charge on any atom is 0.163 e. The Morgan fingerprint density at radius 1 is 1.09 bits per heavy atom. The minimum Gasteiger partial charge on any atom is -0.489 e. The SMILES string of the molecule is FCCOc1ccc(NC2=CN(c3ccc4c(c3)OCCO4)Nc3cccc(F)c32)nc1. The van der Waals surface area contributed by atoms with Gasteiger partial charge in [-0.25, -0.2) is 13.8 Å². The summed E-state index contributed by atoms with van der Waals surface area (Å²) in [5.74, 6) is 1.90. The molecule has 2 aliphatic rings. The Balaban J connectivity index is 1.46. The number of alkyl halides is 1. The predicted octanol–water partition coefficient (Wildman–Crippen LogP) is 4.60. The molecule has 5 rings (SSSR count). The lowest BCUT2D eigenvalue weighted by Gasteiger charge is -2.31. The smallest absolute Gasteiger partial charge is 0.163 e. The molecular weight excluding hydrogens is 418 g/mol. The van der Waals surface area contributed by atoms with E-state index in [-0.39, 0.29) is 12.4 Å². The number of ether oxygens (including phenoxy) is 3. The van der Waals surface area contributed by atoms with E-state index < -0.39 is 6.67 Å². The number of aromatic nitrogens is 1. The molecule has 0 atom stereocenters. The molecule has 9 heteroatoms. The van der Waals surface area contributed by atoms with Crippen molar-refractivity contribution in [3.8, 4) is 17.2 Å². The second kappa shape index (κ2) is 8.62. The molecule has 0 radical (unpaired) electrons. The molecule has 0 amide bonds. The number of hydrogen-bond acceptors (Lipinski definition) is 7. The van der Waals surface area contributed by atoms with Crippen LogP contribution in [0.4, 0.5) is 26.0 Å². The highest BCUT2D eigenvalue weighted by Crippen LogP contribution is 2.38. The van der Waals surface area contributed by atoms with Crippen LogP contribution in [-0.4, -0.2) is 31.5 Å². The van der Waals surface area contributed by atoms with Crippen molar-refractivity contribution < 1.29 is 23.0 Å². The van der Waals surface area contributed by atoms with Crippen LogP contribution < -0.4 is 30.0 Å². The lowest BCUT2D eigenvalue weighted by atomic mass is 10.1. The second-order valence-corrected chi connectivity index (χ2v) is 7.06. The first-order valence-corrected chi connectivity index (χ1v) is 10.1. The maximum absolute atomic E-state index is 14.7. The lowest BCUT2D eigenvalue weighted by Crippen LogP contribution is -2.30. The van der Waals surface area contributed by atoms with Crippen LogP contribution in [0.1, 0.15) is 5.56 Å². The van der Waals surface area contributed by atoms with Gasteiger partial charge in [0.15, 0.2) is 11.5 Å². The summed E-state index contributed by atoms with van der Waals surface area (Å²) in [6.07, 6.45) is 3.23. The van der Waals surface area contributed by atoms with E-state index in [9.17, 15) is 8.78 Å². The lowest BCUT2D eigenvalue weighted by molar-refractivity contribution is 0.171. The number of anilines is 3. The van der Waals surface area contributed by atoms with Crippen molar-refractivity contribution in [3.05, 3.63) is 72.3 Å². The number of pyridine rings is 1. The van der Waals surface area contributed by atoms with Gasteiger partial charge < -0.3 is 19.5 Å². The standard InChI is InChI=1S/C23H20F2N4O3/c24-8-9-30-16-5-7-22(26-13-16)27-19-14-29(28-18-3-1-2-17(25)23(18)19)15-4-6-20-21(12-15)32-11-10-31-20/h1-7,12-14,28H,8-11H2,(H,26,27). The molecule has 0 spiro atoms. The van der Waals surface area contributed by atoms with Crippen LogP contribution in [0.3, 0.4) is 0 Å². The number of halogens is 2. The first-order valence-electron chi connectivity index (χ1n) is 10.1. The molecule has 3 heterocycles. The van der Waals surface area contributed by atoms with Crippen molar-refractivity contribution >= 4 is 22.9 Å².